The van der Waals surface area contributed by atoms with Crippen LogP contribution >= 0.6 is 23.1 Å². The van der Waals surface area contributed by atoms with E-state index in [0.29, 0.717) is 33.8 Å². The predicted octanol–water partition coefficient (Wildman–Crippen LogP) is 5.86. The number of Topliss-reactive ketones (excluding diaryl/α,β-unsaturated/α-hetero) is 1. The lowest BCUT2D eigenvalue weighted by atomic mass is 9.89. The highest BCUT2D eigenvalue weighted by molar-refractivity contribution is 7.98. The van der Waals surface area contributed by atoms with Crippen LogP contribution in [0.3, 0.4) is 0 Å². The van der Waals surface area contributed by atoms with Crippen molar-refractivity contribution in [1.29, 1.82) is 0 Å². The normalized spacial score (nSPS) is 18.1. The quantitative estimate of drug-likeness (QED) is 0.398. The third kappa shape index (κ3) is 5.88. The van der Waals surface area contributed by atoms with Crippen molar-refractivity contribution < 1.29 is 9.59 Å². The van der Waals surface area contributed by atoms with E-state index in [1.165, 1.54) is 68.5 Å². The van der Waals surface area contributed by atoms with E-state index in [1.54, 1.807) is 6.20 Å². The maximum absolute atomic E-state index is 13.3. The lowest BCUT2D eigenvalue weighted by molar-refractivity contribution is 0.101. The molecule has 31 heavy (non-hydrogen) atoms. The fourth-order valence-corrected chi connectivity index (χ4v) is 6.18. The first kappa shape index (κ1) is 22.3. The van der Waals surface area contributed by atoms with Crippen LogP contribution in [-0.4, -0.2) is 43.7 Å². The number of imidazole rings is 1. The van der Waals surface area contributed by atoms with Crippen LogP contribution < -0.4 is 5.32 Å². The average molecular weight is 462 g/mol. The van der Waals surface area contributed by atoms with Crippen LogP contribution in [0.1, 0.15) is 87.3 Å². The number of ketones is 1. The molecule has 2 N–H and O–H groups in total. The number of amides is 2. The molecule has 168 valence electrons. The summed E-state index contributed by atoms with van der Waals surface area (Å²) in [6, 6.07) is 0.743. The van der Waals surface area contributed by atoms with Gasteiger partial charge < -0.3 is 9.88 Å². The lowest BCUT2D eigenvalue weighted by Gasteiger charge is -2.41. The smallest absolute Gasteiger partial charge is 0.324 e. The summed E-state index contributed by atoms with van der Waals surface area (Å²) in [5, 5.41) is 6.42. The Bertz CT molecular complexity index is 866. The first-order valence-corrected chi connectivity index (χ1v) is 13.2. The van der Waals surface area contributed by atoms with Crippen molar-refractivity contribution in [3.05, 3.63) is 23.0 Å². The maximum Gasteiger partial charge on any atom is 0.324 e. The number of carbonyl (C=O) groups excluding carboxylic acids is 2. The van der Waals surface area contributed by atoms with Crippen molar-refractivity contribution in [3.8, 4) is 0 Å². The Morgan fingerprint density at radius 2 is 1.77 bits per heavy atom. The van der Waals surface area contributed by atoms with Gasteiger partial charge in [-0.15, -0.1) is 11.3 Å². The predicted molar refractivity (Wildman–Crippen MR) is 125 cm³/mol. The number of rotatable bonds is 7. The number of aromatic nitrogens is 3. The molecule has 0 saturated heterocycles. The number of hydrogen-bond donors (Lipinski definition) is 2. The lowest BCUT2D eigenvalue weighted by Crippen LogP contribution is -2.50. The molecule has 2 fully saturated rings. The van der Waals surface area contributed by atoms with E-state index in [2.05, 4.69) is 25.2 Å². The van der Waals surface area contributed by atoms with E-state index in [-0.39, 0.29) is 11.8 Å². The van der Waals surface area contributed by atoms with Gasteiger partial charge >= 0.3 is 6.03 Å². The van der Waals surface area contributed by atoms with Crippen LogP contribution in [0, 0.1) is 0 Å². The molecule has 7 nitrogen and oxygen atoms in total. The Hall–Kier alpha value is -1.87. The van der Waals surface area contributed by atoms with E-state index < -0.39 is 0 Å². The molecule has 0 aliphatic heterocycles. The van der Waals surface area contributed by atoms with Gasteiger partial charge in [0.1, 0.15) is 5.69 Å². The van der Waals surface area contributed by atoms with Gasteiger partial charge in [0.25, 0.3) is 0 Å². The Balaban J connectivity index is 1.36. The number of hydrogen-bond acceptors (Lipinski definition) is 6. The van der Waals surface area contributed by atoms with Gasteiger partial charge in [-0.25, -0.2) is 14.8 Å². The summed E-state index contributed by atoms with van der Waals surface area (Å²) < 4.78 is 0. The van der Waals surface area contributed by atoms with Gasteiger partial charge in [0, 0.05) is 30.1 Å². The number of thiazole rings is 1. The number of thioether (sulfide) groups is 1. The molecule has 4 rings (SSSR count). The second-order valence-corrected chi connectivity index (χ2v) is 10.3. The standard InChI is InChI=1S/C22H31N5O2S2/c1-15(28)19-12-23-20(25-19)30-13-16-14-31-21(24-16)26-22(29)27(17-8-4-2-5-9-17)18-10-6-3-7-11-18/h12,14,17-18H,2-11,13H2,1H3,(H,23,25)(H,24,26,29). The third-order valence-electron chi connectivity index (χ3n) is 6.22. The Morgan fingerprint density at radius 3 is 2.35 bits per heavy atom. The Labute approximate surface area is 191 Å². The summed E-state index contributed by atoms with van der Waals surface area (Å²) in [4.78, 5) is 38.7. The molecule has 2 aromatic rings. The molecular formula is C22H31N5O2S2. The van der Waals surface area contributed by atoms with Gasteiger partial charge in [0.05, 0.1) is 11.9 Å². The fraction of sp³-hybridized carbons (Fsp3) is 0.636. The number of carbonyl (C=O) groups is 2. The minimum absolute atomic E-state index is 0.0180. The Kier molecular flexibility index (Phi) is 7.66. The summed E-state index contributed by atoms with van der Waals surface area (Å²) in [5.41, 5.74) is 1.41. The molecule has 2 aliphatic carbocycles. The van der Waals surface area contributed by atoms with Crippen molar-refractivity contribution in [2.24, 2.45) is 0 Å². The van der Waals surface area contributed by atoms with E-state index in [4.69, 9.17) is 0 Å². The molecule has 9 heteroatoms. The van der Waals surface area contributed by atoms with Gasteiger partial charge in [-0.05, 0) is 25.7 Å². The van der Waals surface area contributed by atoms with Gasteiger partial charge in [-0.3, -0.25) is 10.1 Å². The van der Waals surface area contributed by atoms with Crippen molar-refractivity contribution in [3.63, 3.8) is 0 Å². The molecule has 0 bridgehead atoms. The maximum atomic E-state index is 13.3. The number of anilines is 1. The van der Waals surface area contributed by atoms with E-state index in [9.17, 15) is 9.59 Å². The summed E-state index contributed by atoms with van der Waals surface area (Å²) in [6.07, 6.45) is 13.5. The second kappa shape index (κ2) is 10.6. The topological polar surface area (TPSA) is 91.0 Å². The first-order valence-electron chi connectivity index (χ1n) is 11.3. The number of nitrogens with one attached hydrogen (secondary N) is 2. The molecule has 2 saturated carbocycles. The second-order valence-electron chi connectivity index (χ2n) is 8.51. The SMILES string of the molecule is CC(=O)c1cnc(SCc2csc(NC(=O)N(C3CCCCC3)C3CCCCC3)n2)[nH]1. The van der Waals surface area contributed by atoms with Crippen molar-refractivity contribution >= 4 is 40.0 Å². The average Bonchev–Trinajstić information content (AvgIpc) is 3.44. The molecule has 0 radical (unpaired) electrons. The van der Waals surface area contributed by atoms with Crippen LogP contribution in [0.25, 0.3) is 0 Å². The van der Waals surface area contributed by atoms with Gasteiger partial charge in [-0.2, -0.15) is 0 Å². The molecule has 2 amide bonds. The number of urea groups is 1. The van der Waals surface area contributed by atoms with Crippen LogP contribution in [0.15, 0.2) is 16.7 Å². The highest BCUT2D eigenvalue weighted by atomic mass is 32.2. The third-order valence-corrected chi connectivity index (χ3v) is 7.95. The molecular weight excluding hydrogens is 430 g/mol. The van der Waals surface area contributed by atoms with Gasteiger partial charge in [-0.1, -0.05) is 50.3 Å². The van der Waals surface area contributed by atoms with Gasteiger partial charge in [0.2, 0.25) is 0 Å². The van der Waals surface area contributed by atoms with Crippen LogP contribution in [0.4, 0.5) is 9.93 Å². The fourth-order valence-electron chi connectivity index (χ4n) is 4.63. The summed E-state index contributed by atoms with van der Waals surface area (Å²) in [7, 11) is 0. The largest absolute Gasteiger partial charge is 0.331 e. The van der Waals surface area contributed by atoms with Crippen molar-refractivity contribution in [2.75, 3.05) is 5.32 Å². The number of aromatic amines is 1. The van der Waals surface area contributed by atoms with Crippen molar-refractivity contribution in [2.45, 2.75) is 94.1 Å². The molecule has 2 aliphatic rings. The van der Waals surface area contributed by atoms with Crippen LogP contribution in [-0.2, 0) is 5.75 Å². The van der Waals surface area contributed by atoms with Crippen molar-refractivity contribution in [1.82, 2.24) is 19.9 Å². The molecule has 0 atom stereocenters. The molecule has 0 spiro atoms. The zero-order valence-corrected chi connectivity index (χ0v) is 19.7. The van der Waals surface area contributed by atoms with Gasteiger partial charge in [0.15, 0.2) is 16.1 Å². The Morgan fingerprint density at radius 1 is 1.13 bits per heavy atom. The van der Waals surface area contributed by atoms with E-state index in [0.717, 1.165) is 31.4 Å². The van der Waals surface area contributed by atoms with Crippen LogP contribution in [0.5, 0.6) is 0 Å². The molecule has 2 heterocycles. The minimum atomic E-state index is -0.0292. The van der Waals surface area contributed by atoms with E-state index in [1.807, 2.05) is 5.38 Å². The molecule has 2 aromatic heterocycles. The summed E-state index contributed by atoms with van der Waals surface area (Å²) >= 11 is 2.96. The van der Waals surface area contributed by atoms with E-state index >= 15 is 0 Å². The zero-order chi connectivity index (χ0) is 21.6. The molecule has 0 aromatic carbocycles. The zero-order valence-electron chi connectivity index (χ0n) is 18.1. The number of H-pyrrole nitrogens is 1. The highest BCUT2D eigenvalue weighted by Gasteiger charge is 2.32. The molecule has 0 unspecified atom stereocenters. The minimum Gasteiger partial charge on any atom is -0.331 e. The summed E-state index contributed by atoms with van der Waals surface area (Å²) in [5.74, 6) is 0.602. The highest BCUT2D eigenvalue weighted by Crippen LogP contribution is 2.31. The van der Waals surface area contributed by atoms with Crippen LogP contribution in [0.2, 0.25) is 0 Å². The number of nitrogens with zero attached hydrogens (tertiary/aromatic N) is 3. The summed E-state index contributed by atoms with van der Waals surface area (Å²) in [6.45, 7) is 1.52. The monoisotopic (exact) mass is 461 g/mol. The first-order chi connectivity index (χ1) is 15.1.